The van der Waals surface area contributed by atoms with Gasteiger partial charge in [0.1, 0.15) is 18.8 Å². The Morgan fingerprint density at radius 2 is 1.41 bits per heavy atom. The topological polar surface area (TPSA) is 33.4 Å². The molecule has 5 heteroatoms. The molecule has 1 amide bonds. The number of unbranched alkanes of at least 4 members (excludes halogenated alkanes) is 11. The van der Waals surface area contributed by atoms with E-state index in [0.29, 0.717) is 13.2 Å². The van der Waals surface area contributed by atoms with Gasteiger partial charge < -0.3 is 28.7 Å². The first-order valence-corrected chi connectivity index (χ1v) is 15.3. The maximum Gasteiger partial charge on any atom is 0.224 e. The Kier molecular flexibility index (Phi) is 17.7. The molecule has 0 aliphatic carbocycles. The molecule has 1 aromatic heterocycles. The second-order valence-electron chi connectivity index (χ2n) is 11.7. The van der Waals surface area contributed by atoms with Crippen LogP contribution >= 0.6 is 0 Å². The van der Waals surface area contributed by atoms with Crippen molar-refractivity contribution in [1.29, 1.82) is 0 Å². The lowest BCUT2D eigenvalue weighted by Crippen LogP contribution is -3.00. The van der Waals surface area contributed by atoms with Crippen LogP contribution in [0.15, 0.2) is 42.6 Å². The Balaban J connectivity index is 0.00000760. The maximum atomic E-state index is 12.9. The van der Waals surface area contributed by atoms with Gasteiger partial charge in [-0.2, -0.15) is 0 Å². The van der Waals surface area contributed by atoms with Crippen LogP contribution in [0.4, 0.5) is 5.69 Å². The van der Waals surface area contributed by atoms with E-state index in [-0.39, 0.29) is 35.3 Å². The third-order valence-corrected chi connectivity index (χ3v) is 7.41. The highest BCUT2D eigenvalue weighted by molar-refractivity contribution is 5.93. The molecule has 0 bridgehead atoms. The SMILES string of the molecule is CCCCCCCCCCCCCCOc1c(N(Cc2cccc[n+]2CC)C(C)=O)cccc1C(C)(C)C.[I-]. The first kappa shape index (κ1) is 35.4. The first-order valence-electron chi connectivity index (χ1n) is 15.3. The number of nitrogens with zero attached hydrogens (tertiary/aromatic N) is 2. The number of para-hydroxylation sites is 1. The van der Waals surface area contributed by atoms with E-state index in [1.54, 1.807) is 6.92 Å². The van der Waals surface area contributed by atoms with Crippen molar-refractivity contribution in [2.75, 3.05) is 11.5 Å². The fraction of sp³-hybridized carbons (Fsp3) is 0.647. The molecule has 0 N–H and O–H groups in total. The number of carbonyl (C=O) groups excluding carboxylic acids is 1. The molecule has 0 unspecified atom stereocenters. The fourth-order valence-electron chi connectivity index (χ4n) is 5.09. The van der Waals surface area contributed by atoms with Gasteiger partial charge in [-0.05, 0) is 24.8 Å². The van der Waals surface area contributed by atoms with Gasteiger partial charge >= 0.3 is 0 Å². The molecule has 2 rings (SSSR count). The van der Waals surface area contributed by atoms with Crippen LogP contribution in [0.25, 0.3) is 0 Å². The van der Waals surface area contributed by atoms with Gasteiger partial charge in [0, 0.05) is 24.6 Å². The summed E-state index contributed by atoms with van der Waals surface area (Å²) < 4.78 is 8.70. The van der Waals surface area contributed by atoms with Crippen LogP contribution in [0, 0.1) is 0 Å². The molecule has 4 nitrogen and oxygen atoms in total. The number of anilines is 1. The molecule has 0 aliphatic heterocycles. The van der Waals surface area contributed by atoms with E-state index < -0.39 is 0 Å². The molecule has 0 radical (unpaired) electrons. The number of benzene rings is 1. The van der Waals surface area contributed by atoms with Crippen LogP contribution in [-0.4, -0.2) is 12.5 Å². The summed E-state index contributed by atoms with van der Waals surface area (Å²) in [7, 11) is 0. The van der Waals surface area contributed by atoms with Crippen LogP contribution in [-0.2, 0) is 23.3 Å². The lowest BCUT2D eigenvalue weighted by atomic mass is 9.85. The average molecular weight is 651 g/mol. The molecule has 1 aromatic carbocycles. The molecule has 220 valence electrons. The Hall–Kier alpha value is -1.63. The molecule has 1 heterocycles. The number of carbonyl (C=O) groups is 1. The van der Waals surface area contributed by atoms with Crippen LogP contribution in [0.2, 0.25) is 0 Å². The summed E-state index contributed by atoms with van der Waals surface area (Å²) in [4.78, 5) is 14.8. The predicted octanol–water partition coefficient (Wildman–Crippen LogP) is 5.93. The molecular formula is C34H55IN2O2. The molecule has 39 heavy (non-hydrogen) atoms. The number of rotatable bonds is 18. The van der Waals surface area contributed by atoms with Crippen molar-refractivity contribution >= 4 is 11.6 Å². The highest BCUT2D eigenvalue weighted by atomic mass is 127. The average Bonchev–Trinajstić information content (AvgIpc) is 2.89. The zero-order chi connectivity index (χ0) is 27.8. The molecule has 0 saturated heterocycles. The number of halogens is 1. The summed E-state index contributed by atoms with van der Waals surface area (Å²) in [6.07, 6.45) is 18.0. The van der Waals surface area contributed by atoms with E-state index in [4.69, 9.17) is 4.74 Å². The molecule has 0 saturated carbocycles. The fourth-order valence-corrected chi connectivity index (χ4v) is 5.09. The van der Waals surface area contributed by atoms with Crippen molar-refractivity contribution < 1.29 is 38.1 Å². The zero-order valence-electron chi connectivity index (χ0n) is 25.7. The minimum atomic E-state index is -0.0829. The largest absolute Gasteiger partial charge is 1.00 e. The van der Waals surface area contributed by atoms with Gasteiger partial charge in [-0.25, -0.2) is 4.57 Å². The van der Waals surface area contributed by atoms with Crippen LogP contribution in [0.1, 0.15) is 130 Å². The summed E-state index contributed by atoms with van der Waals surface area (Å²) in [6, 6.07) is 12.4. The van der Waals surface area contributed by atoms with E-state index in [2.05, 4.69) is 63.6 Å². The highest BCUT2D eigenvalue weighted by Crippen LogP contribution is 2.39. The van der Waals surface area contributed by atoms with E-state index in [9.17, 15) is 4.79 Å². The van der Waals surface area contributed by atoms with Crippen molar-refractivity contribution in [2.45, 2.75) is 137 Å². The number of amides is 1. The number of ether oxygens (including phenoxy) is 1. The standard InChI is InChI=1S/C34H55N2O2.HI/c1-7-9-10-11-12-13-14-15-16-17-18-21-27-38-33-31(34(4,5)6)24-22-25-32(33)36(29(3)37)28-30-23-19-20-26-35(30)8-2;/h19-20,22-26H,7-18,21,27-28H2,1-6H3;1H/q+1;/p-1. The lowest BCUT2D eigenvalue weighted by Gasteiger charge is -2.29. The second kappa shape index (κ2) is 19.4. The van der Waals surface area contributed by atoms with Gasteiger partial charge in [0.15, 0.2) is 6.20 Å². The van der Waals surface area contributed by atoms with Crippen molar-refractivity contribution in [3.05, 3.63) is 53.9 Å². The number of hydrogen-bond acceptors (Lipinski definition) is 2. The number of aromatic nitrogens is 1. The van der Waals surface area contributed by atoms with Crippen molar-refractivity contribution in [2.24, 2.45) is 0 Å². The third-order valence-electron chi connectivity index (χ3n) is 7.41. The summed E-state index contributed by atoms with van der Waals surface area (Å²) in [5, 5.41) is 0. The summed E-state index contributed by atoms with van der Waals surface area (Å²) in [5.74, 6) is 0.884. The monoisotopic (exact) mass is 650 g/mol. The quantitative estimate of drug-likeness (QED) is 0.114. The highest BCUT2D eigenvalue weighted by Gasteiger charge is 2.26. The smallest absolute Gasteiger partial charge is 0.224 e. The molecular weight excluding hydrogens is 595 g/mol. The molecule has 0 spiro atoms. The molecule has 0 aliphatic rings. The number of pyridine rings is 1. The van der Waals surface area contributed by atoms with Gasteiger partial charge in [0.2, 0.25) is 11.6 Å². The summed E-state index contributed by atoms with van der Waals surface area (Å²) >= 11 is 0. The minimum absolute atomic E-state index is 0. The van der Waals surface area contributed by atoms with Crippen LogP contribution < -0.4 is 38.2 Å². The van der Waals surface area contributed by atoms with Gasteiger partial charge in [0.05, 0.1) is 12.3 Å². The second-order valence-corrected chi connectivity index (χ2v) is 11.7. The van der Waals surface area contributed by atoms with E-state index in [1.165, 1.54) is 70.6 Å². The number of aryl methyl sites for hydroxylation is 1. The Morgan fingerprint density at radius 3 is 1.95 bits per heavy atom. The van der Waals surface area contributed by atoms with Crippen molar-refractivity contribution in [3.63, 3.8) is 0 Å². The van der Waals surface area contributed by atoms with E-state index >= 15 is 0 Å². The molecule has 0 fully saturated rings. The van der Waals surface area contributed by atoms with Gasteiger partial charge in [-0.15, -0.1) is 0 Å². The van der Waals surface area contributed by atoms with Crippen molar-refractivity contribution in [3.8, 4) is 5.75 Å². The summed E-state index contributed by atoms with van der Waals surface area (Å²) in [6.45, 7) is 14.8. The predicted molar refractivity (Wildman–Crippen MR) is 161 cm³/mol. The Labute approximate surface area is 256 Å². The lowest BCUT2D eigenvalue weighted by molar-refractivity contribution is -0.700. The normalized spacial score (nSPS) is 11.2. The van der Waals surface area contributed by atoms with Crippen LogP contribution in [0.3, 0.4) is 0 Å². The van der Waals surface area contributed by atoms with E-state index in [1.807, 2.05) is 23.1 Å². The Morgan fingerprint density at radius 1 is 0.821 bits per heavy atom. The summed E-state index contributed by atoms with van der Waals surface area (Å²) in [5.41, 5.74) is 3.05. The molecule has 2 aromatic rings. The third kappa shape index (κ3) is 12.6. The maximum absolute atomic E-state index is 12.9. The van der Waals surface area contributed by atoms with Crippen LogP contribution in [0.5, 0.6) is 5.75 Å². The molecule has 0 atom stereocenters. The van der Waals surface area contributed by atoms with Gasteiger partial charge in [0.25, 0.3) is 0 Å². The first-order chi connectivity index (χ1) is 18.3. The Bertz CT molecular complexity index is 954. The van der Waals surface area contributed by atoms with E-state index in [0.717, 1.165) is 35.7 Å². The number of hydrogen-bond donors (Lipinski definition) is 0. The van der Waals surface area contributed by atoms with Gasteiger partial charge in [-0.1, -0.05) is 117 Å². The van der Waals surface area contributed by atoms with Gasteiger partial charge in [-0.3, -0.25) is 9.69 Å². The minimum Gasteiger partial charge on any atom is -1.00 e. The zero-order valence-corrected chi connectivity index (χ0v) is 27.9. The van der Waals surface area contributed by atoms with Crippen molar-refractivity contribution in [1.82, 2.24) is 0 Å².